The van der Waals surface area contributed by atoms with Gasteiger partial charge in [-0.2, -0.15) is 13.2 Å². The Morgan fingerprint density at radius 1 is 1.13 bits per heavy atom. The van der Waals surface area contributed by atoms with Gasteiger partial charge in [-0.15, -0.1) is 0 Å². The van der Waals surface area contributed by atoms with Gasteiger partial charge in [-0.3, -0.25) is 9.59 Å². The predicted molar refractivity (Wildman–Crippen MR) is 107 cm³/mol. The quantitative estimate of drug-likeness (QED) is 0.263. The van der Waals surface area contributed by atoms with Crippen LogP contribution in [0.3, 0.4) is 0 Å². The number of Topliss-reactive ketones (excluding diaryl/α,β-unsaturated/α-hetero) is 1. The number of unbranched alkanes of at least 4 members (excludes halogenated alkanes) is 3. The molecule has 1 aliphatic carbocycles. The van der Waals surface area contributed by atoms with Gasteiger partial charge in [0.15, 0.2) is 0 Å². The largest absolute Gasteiger partial charge is 0.481 e. The topological polar surface area (TPSA) is 63.6 Å². The highest BCUT2D eigenvalue weighted by atomic mass is 35.5. The molecule has 0 fully saturated rings. The summed E-state index contributed by atoms with van der Waals surface area (Å²) in [6, 6.07) is 4.29. The van der Waals surface area contributed by atoms with E-state index in [1.54, 1.807) is 12.2 Å². The number of rotatable bonds is 10. The molecule has 0 radical (unpaired) electrons. The second-order valence-corrected chi connectivity index (χ2v) is 7.29. The predicted octanol–water partition coefficient (Wildman–Crippen LogP) is 6.27. The Hall–Kier alpha value is -2.54. The summed E-state index contributed by atoms with van der Waals surface area (Å²) >= 11 is 5.97. The Labute approximate surface area is 177 Å². The number of alkyl halides is 3. The van der Waals surface area contributed by atoms with Crippen molar-refractivity contribution >= 4 is 23.4 Å². The Morgan fingerprint density at radius 3 is 2.43 bits per heavy atom. The summed E-state index contributed by atoms with van der Waals surface area (Å²) in [6.45, 7) is 0. The maximum Gasteiger partial charge on any atom is 0.416 e. The third-order valence-electron chi connectivity index (χ3n) is 4.62. The monoisotopic (exact) mass is 442 g/mol. The van der Waals surface area contributed by atoms with Crippen molar-refractivity contribution in [2.45, 2.75) is 44.7 Å². The summed E-state index contributed by atoms with van der Waals surface area (Å²) in [4.78, 5) is 22.7. The lowest BCUT2D eigenvalue weighted by Gasteiger charge is -2.09. The fourth-order valence-electron chi connectivity index (χ4n) is 3.06. The number of benzene rings is 1. The lowest BCUT2D eigenvalue weighted by molar-refractivity contribution is -0.138. The SMILES string of the molecule is O=C(O)CCCCCCC1C=C(Cl)C(=O)C1=CC=COc1ccc(C(F)(F)F)cc1. The molecular formula is C22H22ClF3O4. The van der Waals surface area contributed by atoms with Crippen LogP contribution in [0.5, 0.6) is 5.75 Å². The molecule has 0 heterocycles. The number of ketones is 1. The molecule has 0 saturated carbocycles. The molecule has 2 rings (SSSR count). The Kier molecular flexibility index (Phi) is 8.72. The number of carbonyl (C=O) groups is 2. The summed E-state index contributed by atoms with van der Waals surface area (Å²) < 4.78 is 42.9. The Bertz CT molecular complexity index is 839. The number of carbonyl (C=O) groups excluding carboxylic acids is 1. The third kappa shape index (κ3) is 7.37. The normalized spacial score (nSPS) is 18.3. The van der Waals surface area contributed by atoms with E-state index in [4.69, 9.17) is 21.4 Å². The second-order valence-electron chi connectivity index (χ2n) is 6.89. The minimum absolute atomic E-state index is 0.125. The highest BCUT2D eigenvalue weighted by molar-refractivity contribution is 6.46. The average Bonchev–Trinajstić information content (AvgIpc) is 2.95. The first-order chi connectivity index (χ1) is 14.2. The highest BCUT2D eigenvalue weighted by Crippen LogP contribution is 2.33. The third-order valence-corrected chi connectivity index (χ3v) is 4.92. The van der Waals surface area contributed by atoms with E-state index < -0.39 is 17.7 Å². The molecule has 1 N–H and O–H groups in total. The lowest BCUT2D eigenvalue weighted by Crippen LogP contribution is -2.04. The molecule has 0 saturated heterocycles. The summed E-state index contributed by atoms with van der Waals surface area (Å²) in [5.74, 6) is -0.946. The van der Waals surface area contributed by atoms with Crippen LogP contribution in [0, 0.1) is 5.92 Å². The van der Waals surface area contributed by atoms with Crippen LogP contribution in [0.4, 0.5) is 13.2 Å². The van der Waals surface area contributed by atoms with Gasteiger partial charge in [0.05, 0.1) is 16.9 Å². The van der Waals surface area contributed by atoms with E-state index in [0.717, 1.165) is 31.4 Å². The molecule has 0 aliphatic heterocycles. The summed E-state index contributed by atoms with van der Waals surface area (Å²) in [5.41, 5.74) is -0.234. The molecule has 0 amide bonds. The van der Waals surface area contributed by atoms with Gasteiger partial charge in [-0.1, -0.05) is 43.0 Å². The molecule has 0 bridgehead atoms. The summed E-state index contributed by atoms with van der Waals surface area (Å²) in [5, 5.41) is 8.79. The number of allylic oxidation sites excluding steroid dienone is 5. The van der Waals surface area contributed by atoms with Crippen LogP contribution < -0.4 is 4.74 Å². The molecule has 1 aromatic carbocycles. The van der Waals surface area contributed by atoms with E-state index in [0.29, 0.717) is 18.4 Å². The fourth-order valence-corrected chi connectivity index (χ4v) is 3.33. The first-order valence-electron chi connectivity index (χ1n) is 9.53. The van der Waals surface area contributed by atoms with Crippen LogP contribution in [-0.4, -0.2) is 16.9 Å². The Balaban J connectivity index is 1.87. The number of hydrogen-bond acceptors (Lipinski definition) is 3. The van der Waals surface area contributed by atoms with Crippen molar-refractivity contribution in [3.05, 3.63) is 64.9 Å². The average molecular weight is 443 g/mol. The van der Waals surface area contributed by atoms with Gasteiger partial charge in [0.2, 0.25) is 5.78 Å². The van der Waals surface area contributed by atoms with Crippen molar-refractivity contribution in [3.8, 4) is 5.75 Å². The van der Waals surface area contributed by atoms with Gasteiger partial charge in [0.25, 0.3) is 0 Å². The molecule has 0 aromatic heterocycles. The maximum atomic E-state index is 12.6. The van der Waals surface area contributed by atoms with Crippen molar-refractivity contribution in [2.75, 3.05) is 0 Å². The first-order valence-corrected chi connectivity index (χ1v) is 9.90. The number of carboxylic acids is 1. The van der Waals surface area contributed by atoms with Gasteiger partial charge in [0.1, 0.15) is 5.75 Å². The molecule has 1 aliphatic rings. The second kappa shape index (κ2) is 11.0. The summed E-state index contributed by atoms with van der Waals surface area (Å²) in [6.07, 6.45) is 5.70. The van der Waals surface area contributed by atoms with Crippen molar-refractivity contribution in [1.82, 2.24) is 0 Å². The van der Waals surface area contributed by atoms with Crippen LogP contribution in [0.1, 0.15) is 44.1 Å². The van der Waals surface area contributed by atoms with E-state index in [9.17, 15) is 22.8 Å². The minimum Gasteiger partial charge on any atom is -0.481 e. The zero-order chi connectivity index (χ0) is 22.1. The molecule has 8 heteroatoms. The van der Waals surface area contributed by atoms with E-state index in [1.165, 1.54) is 24.5 Å². The number of carboxylic acid groups (broad SMARTS) is 1. The van der Waals surface area contributed by atoms with Gasteiger partial charge in [0, 0.05) is 17.9 Å². The molecule has 1 aromatic rings. The number of hydrogen-bond donors (Lipinski definition) is 1. The van der Waals surface area contributed by atoms with Gasteiger partial charge in [-0.05, 0) is 43.2 Å². The molecule has 30 heavy (non-hydrogen) atoms. The molecule has 162 valence electrons. The minimum atomic E-state index is -4.40. The lowest BCUT2D eigenvalue weighted by atomic mass is 9.95. The molecular weight excluding hydrogens is 421 g/mol. The summed E-state index contributed by atoms with van der Waals surface area (Å²) in [7, 11) is 0. The number of aliphatic carboxylic acids is 1. The van der Waals surface area contributed by atoms with Crippen LogP contribution in [0.25, 0.3) is 0 Å². The van der Waals surface area contributed by atoms with Crippen LogP contribution in [0.2, 0.25) is 0 Å². The van der Waals surface area contributed by atoms with Crippen molar-refractivity contribution < 1.29 is 32.6 Å². The Morgan fingerprint density at radius 2 is 1.80 bits per heavy atom. The van der Waals surface area contributed by atoms with E-state index in [-0.39, 0.29) is 28.9 Å². The standard InChI is InChI=1S/C22H22ClF3O4/c23-19-14-15(6-3-1-2-4-8-20(27)28)18(21(19)29)7-5-13-30-17-11-9-16(10-12-17)22(24,25)26/h5,7,9-15H,1-4,6,8H2,(H,27,28). The van der Waals surface area contributed by atoms with E-state index >= 15 is 0 Å². The van der Waals surface area contributed by atoms with E-state index in [2.05, 4.69) is 0 Å². The van der Waals surface area contributed by atoms with E-state index in [1.807, 2.05) is 0 Å². The fraction of sp³-hybridized carbons (Fsp3) is 0.364. The van der Waals surface area contributed by atoms with Gasteiger partial charge < -0.3 is 9.84 Å². The zero-order valence-corrected chi connectivity index (χ0v) is 16.9. The van der Waals surface area contributed by atoms with Crippen molar-refractivity contribution in [3.63, 3.8) is 0 Å². The molecule has 1 atom stereocenters. The first kappa shape index (κ1) is 23.7. The molecule has 4 nitrogen and oxygen atoms in total. The molecule has 1 unspecified atom stereocenters. The van der Waals surface area contributed by atoms with Crippen LogP contribution in [0.15, 0.2) is 59.4 Å². The van der Waals surface area contributed by atoms with Crippen molar-refractivity contribution in [2.24, 2.45) is 5.92 Å². The molecule has 0 spiro atoms. The zero-order valence-electron chi connectivity index (χ0n) is 16.1. The van der Waals surface area contributed by atoms with Crippen LogP contribution in [-0.2, 0) is 15.8 Å². The number of ether oxygens (including phenoxy) is 1. The maximum absolute atomic E-state index is 12.6. The highest BCUT2D eigenvalue weighted by Gasteiger charge is 2.30. The van der Waals surface area contributed by atoms with Crippen LogP contribution >= 0.6 is 11.6 Å². The van der Waals surface area contributed by atoms with Crippen molar-refractivity contribution in [1.29, 1.82) is 0 Å². The number of halogens is 4. The van der Waals surface area contributed by atoms with Gasteiger partial charge in [-0.25, -0.2) is 0 Å². The van der Waals surface area contributed by atoms with Gasteiger partial charge >= 0.3 is 12.1 Å². The smallest absolute Gasteiger partial charge is 0.416 e.